The number of rotatable bonds is 3. The zero-order chi connectivity index (χ0) is 17.5. The van der Waals surface area contributed by atoms with Crippen molar-refractivity contribution in [2.75, 3.05) is 31.1 Å². The van der Waals surface area contributed by atoms with Gasteiger partial charge in [0, 0.05) is 44.0 Å². The highest BCUT2D eigenvalue weighted by Gasteiger charge is 2.59. The van der Waals surface area contributed by atoms with Gasteiger partial charge in [0.05, 0.1) is 11.1 Å². The molecule has 0 saturated carbocycles. The minimum absolute atomic E-state index is 0.0637. The lowest BCUT2D eigenvalue weighted by Gasteiger charge is -2.45. The van der Waals surface area contributed by atoms with E-state index in [4.69, 9.17) is 0 Å². The van der Waals surface area contributed by atoms with Crippen LogP contribution >= 0.6 is 11.3 Å². The smallest absolute Gasteiger partial charge is 0.257 e. The van der Waals surface area contributed by atoms with Crippen LogP contribution in [0.3, 0.4) is 0 Å². The normalized spacial score (nSPS) is 26.4. The summed E-state index contributed by atoms with van der Waals surface area (Å²) in [5.74, 6) is -1.93. The number of thiophene rings is 1. The highest BCUT2D eigenvalue weighted by Crippen LogP contribution is 2.50. The Labute approximate surface area is 150 Å². The third kappa shape index (κ3) is 3.15. The summed E-state index contributed by atoms with van der Waals surface area (Å²) in [7, 11) is 0. The molecule has 7 heteroatoms. The van der Waals surface area contributed by atoms with Crippen LogP contribution in [0.1, 0.15) is 23.4 Å². The van der Waals surface area contributed by atoms with Crippen LogP contribution in [0, 0.1) is 12.3 Å². The van der Waals surface area contributed by atoms with Gasteiger partial charge >= 0.3 is 0 Å². The first-order valence-electron chi connectivity index (χ1n) is 8.65. The zero-order valence-electron chi connectivity index (χ0n) is 14.3. The Bertz CT molecular complexity index is 719. The monoisotopic (exact) mass is 364 g/mol. The number of aryl methyl sites for hydroxylation is 1. The lowest BCUT2D eigenvalue weighted by Crippen LogP contribution is -2.56. The quantitative estimate of drug-likeness (QED) is 0.833. The Hall–Kier alpha value is -1.60. The molecule has 2 aromatic rings. The summed E-state index contributed by atoms with van der Waals surface area (Å²) in [5, 5.41) is 10.3. The summed E-state index contributed by atoms with van der Waals surface area (Å²) < 4.78 is 29.8. The maximum atomic E-state index is 14.9. The summed E-state index contributed by atoms with van der Waals surface area (Å²) in [4.78, 5) is 5.39. The van der Waals surface area contributed by atoms with Gasteiger partial charge in [-0.2, -0.15) is 5.10 Å². The number of hydrogen-bond acceptors (Lipinski definition) is 5. The molecule has 4 heterocycles. The Morgan fingerprint density at radius 2 is 2.00 bits per heavy atom. The molecule has 25 heavy (non-hydrogen) atoms. The van der Waals surface area contributed by atoms with Gasteiger partial charge in [0.15, 0.2) is 5.82 Å². The molecule has 2 saturated heterocycles. The van der Waals surface area contributed by atoms with Gasteiger partial charge in [0.2, 0.25) is 0 Å². The van der Waals surface area contributed by atoms with Gasteiger partial charge in [-0.15, -0.1) is 16.4 Å². The molecule has 0 aliphatic carbocycles. The van der Waals surface area contributed by atoms with Gasteiger partial charge in [0.1, 0.15) is 0 Å². The molecular formula is C18H22F2N4S. The first-order chi connectivity index (χ1) is 12.0. The van der Waals surface area contributed by atoms with Crippen LogP contribution in [0.25, 0.3) is 0 Å². The van der Waals surface area contributed by atoms with Gasteiger partial charge in [-0.1, -0.05) is 6.07 Å². The SMILES string of the molecule is Cc1ccc(N2CC[C@@]3(CN(Cc4cccs4)CCC3(F)F)C2)nn1. The van der Waals surface area contributed by atoms with Crippen molar-refractivity contribution in [2.45, 2.75) is 32.2 Å². The van der Waals surface area contributed by atoms with E-state index in [0.717, 1.165) is 12.2 Å². The zero-order valence-corrected chi connectivity index (χ0v) is 15.1. The van der Waals surface area contributed by atoms with E-state index in [9.17, 15) is 8.78 Å². The van der Waals surface area contributed by atoms with E-state index in [1.807, 2.05) is 35.4 Å². The Morgan fingerprint density at radius 1 is 1.12 bits per heavy atom. The fourth-order valence-electron chi connectivity index (χ4n) is 4.00. The molecular weight excluding hydrogens is 342 g/mol. The fraction of sp³-hybridized carbons (Fsp3) is 0.556. The highest BCUT2D eigenvalue weighted by atomic mass is 32.1. The van der Waals surface area contributed by atoms with Crippen LogP contribution in [0.2, 0.25) is 0 Å². The van der Waals surface area contributed by atoms with Crippen LogP contribution in [0.5, 0.6) is 0 Å². The van der Waals surface area contributed by atoms with Crippen molar-refractivity contribution in [1.82, 2.24) is 15.1 Å². The van der Waals surface area contributed by atoms with Gasteiger partial charge in [-0.05, 0) is 36.9 Å². The molecule has 1 spiro atoms. The van der Waals surface area contributed by atoms with E-state index >= 15 is 0 Å². The standard InChI is InChI=1S/C18H22F2N4S/c1-14-4-5-16(22-21-14)24-9-6-17(13-24)12-23(8-7-18(17,19)20)11-15-3-2-10-25-15/h2-5,10H,6-9,11-13H2,1H3/t17-/m1/s1. The molecule has 2 aromatic heterocycles. The van der Waals surface area contributed by atoms with Crippen molar-refractivity contribution >= 4 is 17.2 Å². The lowest BCUT2D eigenvalue weighted by molar-refractivity contribution is -0.158. The van der Waals surface area contributed by atoms with E-state index in [2.05, 4.69) is 21.2 Å². The number of piperidine rings is 1. The van der Waals surface area contributed by atoms with E-state index < -0.39 is 11.3 Å². The minimum Gasteiger partial charge on any atom is -0.354 e. The molecule has 0 radical (unpaired) electrons. The average molecular weight is 364 g/mol. The predicted octanol–water partition coefficient (Wildman–Crippen LogP) is 3.58. The van der Waals surface area contributed by atoms with E-state index in [0.29, 0.717) is 38.4 Å². The lowest BCUT2D eigenvalue weighted by atomic mass is 9.75. The summed E-state index contributed by atoms with van der Waals surface area (Å²) in [6.07, 6.45) is 0.433. The van der Waals surface area contributed by atoms with E-state index in [-0.39, 0.29) is 6.42 Å². The molecule has 0 aromatic carbocycles. The number of anilines is 1. The molecule has 2 aliphatic heterocycles. The van der Waals surface area contributed by atoms with Crippen LogP contribution in [0.4, 0.5) is 14.6 Å². The fourth-order valence-corrected chi connectivity index (χ4v) is 4.75. The van der Waals surface area contributed by atoms with Crippen LogP contribution in [-0.2, 0) is 6.54 Å². The summed E-state index contributed by atoms with van der Waals surface area (Å²) in [6, 6.07) is 7.86. The number of aromatic nitrogens is 2. The van der Waals surface area contributed by atoms with Crippen LogP contribution in [0.15, 0.2) is 29.6 Å². The molecule has 4 rings (SSSR count). The van der Waals surface area contributed by atoms with E-state index in [1.54, 1.807) is 11.3 Å². The topological polar surface area (TPSA) is 32.3 Å². The second-order valence-corrected chi connectivity index (χ2v) is 8.26. The maximum Gasteiger partial charge on any atom is 0.257 e. The van der Waals surface area contributed by atoms with E-state index in [1.165, 1.54) is 4.88 Å². The summed E-state index contributed by atoms with van der Waals surface area (Å²) in [5.41, 5.74) is -0.155. The molecule has 2 aliphatic rings. The predicted molar refractivity (Wildman–Crippen MR) is 95.2 cm³/mol. The largest absolute Gasteiger partial charge is 0.354 e. The molecule has 0 unspecified atom stereocenters. The minimum atomic E-state index is -2.63. The number of nitrogens with zero attached hydrogens (tertiary/aromatic N) is 4. The summed E-state index contributed by atoms with van der Waals surface area (Å²) in [6.45, 7) is 4.49. The molecule has 1 atom stereocenters. The highest BCUT2D eigenvalue weighted by molar-refractivity contribution is 7.09. The van der Waals surface area contributed by atoms with Crippen molar-refractivity contribution in [1.29, 1.82) is 0 Å². The second-order valence-electron chi connectivity index (χ2n) is 7.23. The Kier molecular flexibility index (Phi) is 4.24. The first-order valence-corrected chi connectivity index (χ1v) is 9.53. The molecule has 2 fully saturated rings. The Morgan fingerprint density at radius 3 is 2.72 bits per heavy atom. The van der Waals surface area contributed by atoms with Crippen molar-refractivity contribution in [3.05, 3.63) is 40.2 Å². The van der Waals surface area contributed by atoms with Gasteiger partial charge < -0.3 is 4.90 Å². The third-order valence-corrected chi connectivity index (χ3v) is 6.33. The van der Waals surface area contributed by atoms with Crippen molar-refractivity contribution in [3.63, 3.8) is 0 Å². The van der Waals surface area contributed by atoms with Gasteiger partial charge in [0.25, 0.3) is 5.92 Å². The van der Waals surface area contributed by atoms with Gasteiger partial charge in [-0.25, -0.2) is 8.78 Å². The van der Waals surface area contributed by atoms with Crippen molar-refractivity contribution in [2.24, 2.45) is 5.41 Å². The molecule has 0 N–H and O–H groups in total. The number of likely N-dealkylation sites (tertiary alicyclic amines) is 1. The Balaban J connectivity index is 1.52. The third-order valence-electron chi connectivity index (χ3n) is 5.47. The molecule has 4 nitrogen and oxygen atoms in total. The van der Waals surface area contributed by atoms with Crippen LogP contribution < -0.4 is 4.90 Å². The first kappa shape index (κ1) is 16.8. The summed E-state index contributed by atoms with van der Waals surface area (Å²) >= 11 is 1.69. The second kappa shape index (κ2) is 6.29. The number of hydrogen-bond donors (Lipinski definition) is 0. The van der Waals surface area contributed by atoms with Crippen LogP contribution in [-0.4, -0.2) is 47.2 Å². The number of halogens is 2. The molecule has 0 bridgehead atoms. The van der Waals surface area contributed by atoms with Gasteiger partial charge in [-0.3, -0.25) is 4.90 Å². The van der Waals surface area contributed by atoms with Crippen molar-refractivity contribution < 1.29 is 8.78 Å². The molecule has 0 amide bonds. The maximum absolute atomic E-state index is 14.9. The number of alkyl halides is 2. The van der Waals surface area contributed by atoms with Crippen molar-refractivity contribution in [3.8, 4) is 0 Å². The average Bonchev–Trinajstić information content (AvgIpc) is 3.23. The molecule has 134 valence electrons.